The van der Waals surface area contributed by atoms with Crippen LogP contribution >= 0.6 is 11.6 Å². The van der Waals surface area contributed by atoms with Crippen molar-refractivity contribution < 1.29 is 22.3 Å². The van der Waals surface area contributed by atoms with Gasteiger partial charge in [-0.3, -0.25) is 4.79 Å². The summed E-state index contributed by atoms with van der Waals surface area (Å²) in [5.41, 5.74) is 1.12. The van der Waals surface area contributed by atoms with Gasteiger partial charge in [-0.2, -0.15) is 4.31 Å². The summed E-state index contributed by atoms with van der Waals surface area (Å²) in [4.78, 5) is 12.5. The number of nitrogens with one attached hydrogen (secondary N) is 1. The van der Waals surface area contributed by atoms with E-state index >= 15 is 0 Å². The Morgan fingerprint density at radius 3 is 2.56 bits per heavy atom. The van der Waals surface area contributed by atoms with Crippen molar-refractivity contribution in [1.82, 2.24) is 4.31 Å². The minimum absolute atomic E-state index is 0.0257. The fourth-order valence-electron chi connectivity index (χ4n) is 2.70. The van der Waals surface area contributed by atoms with Crippen LogP contribution in [0.15, 0.2) is 41.3 Å². The van der Waals surface area contributed by atoms with Gasteiger partial charge in [0.25, 0.3) is 5.91 Å². The summed E-state index contributed by atoms with van der Waals surface area (Å²) >= 11 is 5.92. The minimum atomic E-state index is -3.69. The lowest BCUT2D eigenvalue weighted by Gasteiger charge is -2.26. The molecular weight excluding hydrogens is 395 g/mol. The van der Waals surface area contributed by atoms with Crippen molar-refractivity contribution in [3.8, 4) is 0 Å². The van der Waals surface area contributed by atoms with Gasteiger partial charge >= 0.3 is 0 Å². The summed E-state index contributed by atoms with van der Waals surface area (Å²) in [5, 5.41) is 2.62. The molecule has 0 spiro atoms. The highest BCUT2D eigenvalue weighted by Gasteiger charge is 2.27. The van der Waals surface area contributed by atoms with E-state index in [1.807, 2.05) is 0 Å². The van der Waals surface area contributed by atoms with Crippen LogP contribution in [0.2, 0.25) is 5.02 Å². The maximum absolute atomic E-state index is 13.2. The van der Waals surface area contributed by atoms with Crippen molar-refractivity contribution in [3.63, 3.8) is 0 Å². The third-order valence-corrected chi connectivity index (χ3v) is 6.45. The topological polar surface area (TPSA) is 75.7 Å². The summed E-state index contributed by atoms with van der Waals surface area (Å²) in [5.74, 6) is -1.10. The molecule has 2 aromatic carbocycles. The zero-order chi connectivity index (χ0) is 19.6. The highest BCUT2D eigenvalue weighted by molar-refractivity contribution is 7.89. The second-order valence-corrected chi connectivity index (χ2v) is 8.42. The Morgan fingerprint density at radius 1 is 1.19 bits per heavy atom. The maximum Gasteiger partial charge on any atom is 0.257 e. The van der Waals surface area contributed by atoms with E-state index < -0.39 is 21.7 Å². The molecule has 27 heavy (non-hydrogen) atoms. The highest BCUT2D eigenvalue weighted by atomic mass is 35.5. The largest absolute Gasteiger partial charge is 0.379 e. The van der Waals surface area contributed by atoms with Crippen LogP contribution in [-0.2, 0) is 14.8 Å². The Bertz CT molecular complexity index is 975. The number of benzene rings is 2. The molecular formula is C18H18ClFN2O4S. The van der Waals surface area contributed by atoms with Gasteiger partial charge in [-0.15, -0.1) is 0 Å². The molecule has 1 aliphatic rings. The molecule has 0 radical (unpaired) electrons. The molecule has 9 heteroatoms. The van der Waals surface area contributed by atoms with Gasteiger partial charge in [0.2, 0.25) is 10.0 Å². The van der Waals surface area contributed by atoms with Crippen LogP contribution in [0.3, 0.4) is 0 Å². The number of aryl methyl sites for hydroxylation is 1. The lowest BCUT2D eigenvalue weighted by molar-refractivity contribution is 0.0730. The third kappa shape index (κ3) is 4.30. The summed E-state index contributed by atoms with van der Waals surface area (Å²) in [6.45, 7) is 2.99. The van der Waals surface area contributed by atoms with E-state index in [0.29, 0.717) is 24.5 Å². The van der Waals surface area contributed by atoms with Gasteiger partial charge < -0.3 is 10.1 Å². The molecule has 1 heterocycles. The number of halogens is 2. The second kappa shape index (κ2) is 7.93. The zero-order valence-electron chi connectivity index (χ0n) is 14.5. The standard InChI is InChI=1S/C18H18ClFN2O4S/c1-12-2-4-14(27(24,25)22-6-8-26-9-7-22)11-17(12)21-18(23)15-5-3-13(20)10-16(15)19/h2-5,10-11H,6-9H2,1H3,(H,21,23). The second-order valence-electron chi connectivity index (χ2n) is 6.07. The van der Waals surface area contributed by atoms with Crippen LogP contribution in [0.4, 0.5) is 10.1 Å². The zero-order valence-corrected chi connectivity index (χ0v) is 16.1. The van der Waals surface area contributed by atoms with E-state index in [1.54, 1.807) is 13.0 Å². The van der Waals surface area contributed by atoms with Crippen LogP contribution < -0.4 is 5.32 Å². The SMILES string of the molecule is Cc1ccc(S(=O)(=O)N2CCOCC2)cc1NC(=O)c1ccc(F)cc1Cl. The quantitative estimate of drug-likeness (QED) is 0.837. The minimum Gasteiger partial charge on any atom is -0.379 e. The van der Waals surface area contributed by atoms with Crippen molar-refractivity contribution in [2.24, 2.45) is 0 Å². The lowest BCUT2D eigenvalue weighted by atomic mass is 10.1. The first-order valence-electron chi connectivity index (χ1n) is 8.24. The molecule has 144 valence electrons. The van der Waals surface area contributed by atoms with E-state index in [9.17, 15) is 17.6 Å². The molecule has 6 nitrogen and oxygen atoms in total. The molecule has 1 amide bonds. The van der Waals surface area contributed by atoms with Gasteiger partial charge in [0.05, 0.1) is 28.7 Å². The number of hydrogen-bond acceptors (Lipinski definition) is 4. The average Bonchev–Trinajstić information content (AvgIpc) is 2.64. The molecule has 0 unspecified atom stereocenters. The number of nitrogens with zero attached hydrogens (tertiary/aromatic N) is 1. The molecule has 2 aromatic rings. The Hall–Kier alpha value is -2.00. The summed E-state index contributed by atoms with van der Waals surface area (Å²) in [6.07, 6.45) is 0. The van der Waals surface area contributed by atoms with Crippen molar-refractivity contribution in [1.29, 1.82) is 0 Å². The monoisotopic (exact) mass is 412 g/mol. The van der Waals surface area contributed by atoms with Crippen molar-refractivity contribution in [3.05, 3.63) is 58.4 Å². The Labute approximate surface area is 161 Å². The number of anilines is 1. The first-order valence-corrected chi connectivity index (χ1v) is 10.1. The first kappa shape index (κ1) is 19.8. The van der Waals surface area contributed by atoms with Crippen LogP contribution in [0.5, 0.6) is 0 Å². The van der Waals surface area contributed by atoms with Crippen molar-refractivity contribution in [2.75, 3.05) is 31.6 Å². The average molecular weight is 413 g/mol. The molecule has 0 atom stereocenters. The van der Waals surface area contributed by atoms with Crippen LogP contribution in [0.1, 0.15) is 15.9 Å². The fraction of sp³-hybridized carbons (Fsp3) is 0.278. The Kier molecular flexibility index (Phi) is 5.81. The number of sulfonamides is 1. The Morgan fingerprint density at radius 2 is 1.89 bits per heavy atom. The summed E-state index contributed by atoms with van der Waals surface area (Å²) in [7, 11) is -3.69. The summed E-state index contributed by atoms with van der Waals surface area (Å²) in [6, 6.07) is 7.98. The smallest absolute Gasteiger partial charge is 0.257 e. The predicted octanol–water partition coefficient (Wildman–Crippen LogP) is 3.06. The number of carbonyl (C=O) groups is 1. The van der Waals surface area contributed by atoms with Crippen LogP contribution in [-0.4, -0.2) is 44.9 Å². The number of rotatable bonds is 4. The molecule has 0 aliphatic carbocycles. The first-order chi connectivity index (χ1) is 12.8. The van der Waals surface area contributed by atoms with Crippen LogP contribution in [0, 0.1) is 12.7 Å². The van der Waals surface area contributed by atoms with Gasteiger partial charge in [-0.1, -0.05) is 17.7 Å². The maximum atomic E-state index is 13.2. The number of hydrogen-bond donors (Lipinski definition) is 1. The summed E-state index contributed by atoms with van der Waals surface area (Å²) < 4.78 is 45.3. The van der Waals surface area contributed by atoms with E-state index in [4.69, 9.17) is 16.3 Å². The lowest BCUT2D eigenvalue weighted by Crippen LogP contribution is -2.40. The van der Waals surface area contributed by atoms with E-state index in [-0.39, 0.29) is 28.6 Å². The number of amides is 1. The molecule has 3 rings (SSSR count). The molecule has 0 bridgehead atoms. The van der Waals surface area contributed by atoms with Crippen molar-refractivity contribution in [2.45, 2.75) is 11.8 Å². The highest BCUT2D eigenvalue weighted by Crippen LogP contribution is 2.25. The fourth-order valence-corrected chi connectivity index (χ4v) is 4.38. The number of ether oxygens (including phenoxy) is 1. The van der Waals surface area contributed by atoms with Crippen molar-refractivity contribution >= 4 is 33.2 Å². The molecule has 1 N–H and O–H groups in total. The number of morpholine rings is 1. The van der Waals surface area contributed by atoms with E-state index in [0.717, 1.165) is 12.1 Å². The van der Waals surface area contributed by atoms with Gasteiger partial charge in [-0.05, 0) is 42.8 Å². The predicted molar refractivity (Wildman–Crippen MR) is 100 cm³/mol. The van der Waals surface area contributed by atoms with Gasteiger partial charge in [-0.25, -0.2) is 12.8 Å². The number of carbonyl (C=O) groups excluding carboxylic acids is 1. The molecule has 1 fully saturated rings. The van der Waals surface area contributed by atoms with Crippen LogP contribution in [0.25, 0.3) is 0 Å². The molecule has 0 saturated carbocycles. The van der Waals surface area contributed by atoms with E-state index in [2.05, 4.69) is 5.32 Å². The van der Waals surface area contributed by atoms with Gasteiger partial charge in [0, 0.05) is 18.8 Å². The molecule has 1 saturated heterocycles. The molecule has 0 aromatic heterocycles. The normalized spacial score (nSPS) is 15.5. The Balaban J connectivity index is 1.88. The molecule has 1 aliphatic heterocycles. The van der Waals surface area contributed by atoms with Gasteiger partial charge in [0.1, 0.15) is 5.82 Å². The third-order valence-electron chi connectivity index (χ3n) is 4.24. The van der Waals surface area contributed by atoms with Gasteiger partial charge in [0.15, 0.2) is 0 Å². The van der Waals surface area contributed by atoms with E-state index in [1.165, 1.54) is 22.5 Å².